The van der Waals surface area contributed by atoms with Crippen molar-refractivity contribution in [1.82, 2.24) is 4.57 Å². The van der Waals surface area contributed by atoms with E-state index in [0.717, 1.165) is 18.5 Å². The van der Waals surface area contributed by atoms with E-state index >= 15 is 0 Å². The zero-order chi connectivity index (χ0) is 19.9. The minimum absolute atomic E-state index is 0.00934. The molecule has 1 saturated carbocycles. The predicted molar refractivity (Wildman–Crippen MR) is 89.5 cm³/mol. The Labute approximate surface area is 153 Å². The molecule has 0 radical (unpaired) electrons. The van der Waals surface area contributed by atoms with Crippen LogP contribution in [-0.4, -0.2) is 10.5 Å². The van der Waals surface area contributed by atoms with Crippen LogP contribution in [0.5, 0.6) is 0 Å². The molecule has 146 valence electrons. The van der Waals surface area contributed by atoms with Gasteiger partial charge in [-0.2, -0.15) is 18.2 Å². The van der Waals surface area contributed by atoms with E-state index < -0.39 is 29.0 Å². The minimum Gasteiger partial charge on any atom is -0.428 e. The van der Waals surface area contributed by atoms with Crippen LogP contribution >= 0.6 is 0 Å². The van der Waals surface area contributed by atoms with Gasteiger partial charge in [-0.15, -0.1) is 0 Å². The second-order valence-corrected chi connectivity index (χ2v) is 7.15. The Hall–Kier alpha value is -2.38. The van der Waals surface area contributed by atoms with Crippen molar-refractivity contribution in [2.45, 2.75) is 52.3 Å². The van der Waals surface area contributed by atoms with E-state index in [-0.39, 0.29) is 11.6 Å². The van der Waals surface area contributed by atoms with E-state index in [9.17, 15) is 22.4 Å². The summed E-state index contributed by atoms with van der Waals surface area (Å²) >= 11 is 0. The molecule has 0 atom stereocenters. The second kappa shape index (κ2) is 6.98. The Morgan fingerprint density at radius 3 is 2.56 bits per heavy atom. The van der Waals surface area contributed by atoms with Crippen LogP contribution in [0.4, 0.5) is 17.6 Å². The lowest BCUT2D eigenvalue weighted by molar-refractivity contribution is -0.137. The molecule has 2 aromatic rings. The topological polar surface area (TPSA) is 47.5 Å². The van der Waals surface area contributed by atoms with Gasteiger partial charge in [-0.25, -0.2) is 4.39 Å². The number of oxazole rings is 1. The van der Waals surface area contributed by atoms with Gasteiger partial charge in [0.25, 0.3) is 5.91 Å². The SMILES string of the molecule is Cc1c(C(C)C)o/c(=N\C(=O)c2cc(C(F)(F)F)ccc2F)n1CC1CC1. The number of aromatic nitrogens is 1. The molecule has 3 rings (SSSR count). The van der Waals surface area contributed by atoms with E-state index in [0.29, 0.717) is 36.4 Å². The molecule has 27 heavy (non-hydrogen) atoms. The summed E-state index contributed by atoms with van der Waals surface area (Å²) in [6, 6.07) is 1.69. The van der Waals surface area contributed by atoms with E-state index in [2.05, 4.69) is 4.99 Å². The number of alkyl halides is 3. The Bertz CT molecular complexity index is 934. The minimum atomic E-state index is -4.68. The zero-order valence-corrected chi connectivity index (χ0v) is 15.2. The van der Waals surface area contributed by atoms with Gasteiger partial charge in [0.2, 0.25) is 0 Å². The average Bonchev–Trinajstić information content (AvgIpc) is 3.33. The summed E-state index contributed by atoms with van der Waals surface area (Å²) in [4.78, 5) is 16.2. The molecule has 1 aromatic carbocycles. The number of halogens is 4. The van der Waals surface area contributed by atoms with E-state index in [1.807, 2.05) is 20.8 Å². The largest absolute Gasteiger partial charge is 0.428 e. The van der Waals surface area contributed by atoms with Crippen molar-refractivity contribution in [2.24, 2.45) is 10.9 Å². The monoisotopic (exact) mass is 384 g/mol. The molecule has 1 aromatic heterocycles. The molecule has 0 aliphatic heterocycles. The van der Waals surface area contributed by atoms with Crippen LogP contribution in [0, 0.1) is 18.7 Å². The summed E-state index contributed by atoms with van der Waals surface area (Å²) in [5, 5.41) is 0. The summed E-state index contributed by atoms with van der Waals surface area (Å²) in [5.74, 6) is -1.02. The fourth-order valence-corrected chi connectivity index (χ4v) is 2.91. The summed E-state index contributed by atoms with van der Waals surface area (Å²) in [5.41, 5.74) is -1.03. The lowest BCUT2D eigenvalue weighted by Crippen LogP contribution is -2.21. The lowest BCUT2D eigenvalue weighted by Gasteiger charge is -2.08. The third-order valence-corrected chi connectivity index (χ3v) is 4.58. The van der Waals surface area contributed by atoms with Crippen molar-refractivity contribution in [3.05, 3.63) is 52.3 Å². The Kier molecular flexibility index (Phi) is 5.01. The predicted octanol–water partition coefficient (Wildman–Crippen LogP) is 4.82. The van der Waals surface area contributed by atoms with Crippen molar-refractivity contribution < 1.29 is 26.8 Å². The average molecular weight is 384 g/mol. The van der Waals surface area contributed by atoms with Gasteiger partial charge in [-0.1, -0.05) is 13.8 Å². The van der Waals surface area contributed by atoms with Crippen LogP contribution in [0.2, 0.25) is 0 Å². The van der Waals surface area contributed by atoms with Crippen LogP contribution in [0.25, 0.3) is 0 Å². The van der Waals surface area contributed by atoms with Crippen molar-refractivity contribution in [1.29, 1.82) is 0 Å². The highest BCUT2D eigenvalue weighted by Gasteiger charge is 2.32. The first-order valence-electron chi connectivity index (χ1n) is 8.74. The van der Waals surface area contributed by atoms with E-state index in [1.54, 1.807) is 4.57 Å². The molecule has 0 bridgehead atoms. The maximum atomic E-state index is 14.0. The molecule has 1 aliphatic rings. The Morgan fingerprint density at radius 1 is 1.33 bits per heavy atom. The van der Waals surface area contributed by atoms with Crippen LogP contribution in [0.3, 0.4) is 0 Å². The van der Waals surface area contributed by atoms with Gasteiger partial charge in [-0.3, -0.25) is 9.36 Å². The number of hydrogen-bond donors (Lipinski definition) is 0. The third-order valence-electron chi connectivity index (χ3n) is 4.58. The molecule has 1 aliphatic carbocycles. The zero-order valence-electron chi connectivity index (χ0n) is 15.2. The second-order valence-electron chi connectivity index (χ2n) is 7.15. The fraction of sp³-hybridized carbons (Fsp3) is 0.474. The molecule has 1 amide bonds. The Balaban J connectivity index is 2.06. The van der Waals surface area contributed by atoms with Gasteiger partial charge in [0.15, 0.2) is 0 Å². The standard InChI is InChI=1S/C19H20F4N2O2/c1-10(2)16-11(3)25(9-12-4-5-12)18(27-16)24-17(26)14-8-13(19(21,22)23)6-7-15(14)20/h6-8,10,12H,4-5,9H2,1-3H3/b24-18-. The van der Waals surface area contributed by atoms with Crippen LogP contribution in [0.1, 0.15) is 60.0 Å². The van der Waals surface area contributed by atoms with E-state index in [1.165, 1.54) is 0 Å². The summed E-state index contributed by atoms with van der Waals surface area (Å²) in [6.07, 6.45) is -2.56. The quantitative estimate of drug-likeness (QED) is 0.710. The van der Waals surface area contributed by atoms with Gasteiger partial charge in [0, 0.05) is 12.5 Å². The van der Waals surface area contributed by atoms with Crippen molar-refractivity contribution in [3.63, 3.8) is 0 Å². The lowest BCUT2D eigenvalue weighted by atomic mass is 10.1. The molecular weight excluding hydrogens is 364 g/mol. The molecule has 0 spiro atoms. The first-order chi connectivity index (χ1) is 12.6. The number of carbonyl (C=O) groups excluding carboxylic acids is 1. The Morgan fingerprint density at radius 2 is 2.00 bits per heavy atom. The third kappa shape index (κ3) is 4.14. The van der Waals surface area contributed by atoms with Crippen molar-refractivity contribution in [3.8, 4) is 0 Å². The summed E-state index contributed by atoms with van der Waals surface area (Å²) in [6.45, 7) is 6.30. The molecule has 8 heteroatoms. The number of rotatable bonds is 4. The van der Waals surface area contributed by atoms with Gasteiger partial charge in [0.1, 0.15) is 11.6 Å². The maximum Gasteiger partial charge on any atom is 0.416 e. The molecule has 1 heterocycles. The van der Waals surface area contributed by atoms with Crippen LogP contribution in [0.15, 0.2) is 27.6 Å². The first-order valence-corrected chi connectivity index (χ1v) is 8.74. The van der Waals surface area contributed by atoms with Gasteiger partial charge < -0.3 is 4.42 Å². The number of hydrogen-bond acceptors (Lipinski definition) is 2. The number of carbonyl (C=O) groups is 1. The van der Waals surface area contributed by atoms with Crippen LogP contribution < -0.4 is 5.68 Å². The molecular formula is C19H20F4N2O2. The smallest absolute Gasteiger partial charge is 0.416 e. The summed E-state index contributed by atoms with van der Waals surface area (Å²) < 4.78 is 60.0. The fourth-order valence-electron chi connectivity index (χ4n) is 2.91. The molecule has 1 fully saturated rings. The van der Waals surface area contributed by atoms with Crippen molar-refractivity contribution >= 4 is 5.91 Å². The molecule has 0 N–H and O–H groups in total. The normalized spacial score (nSPS) is 15.6. The number of nitrogens with zero attached hydrogens (tertiary/aromatic N) is 2. The highest BCUT2D eigenvalue weighted by Crippen LogP contribution is 2.32. The van der Waals surface area contributed by atoms with Gasteiger partial charge >= 0.3 is 11.9 Å². The molecule has 0 saturated heterocycles. The van der Waals surface area contributed by atoms with Gasteiger partial charge in [0.05, 0.1) is 16.8 Å². The highest BCUT2D eigenvalue weighted by molar-refractivity contribution is 5.95. The molecule has 0 unspecified atom stereocenters. The molecule has 4 nitrogen and oxygen atoms in total. The van der Waals surface area contributed by atoms with Gasteiger partial charge in [-0.05, 0) is 43.9 Å². The maximum absolute atomic E-state index is 14.0. The van der Waals surface area contributed by atoms with Crippen LogP contribution in [-0.2, 0) is 12.7 Å². The summed E-state index contributed by atoms with van der Waals surface area (Å²) in [7, 11) is 0. The number of benzene rings is 1. The highest BCUT2D eigenvalue weighted by atomic mass is 19.4. The first kappa shape index (κ1) is 19.4. The van der Waals surface area contributed by atoms with E-state index in [4.69, 9.17) is 4.42 Å². The number of amides is 1. The van der Waals surface area contributed by atoms with Crippen molar-refractivity contribution in [2.75, 3.05) is 0 Å².